The molecule has 0 aromatic heterocycles. The summed E-state index contributed by atoms with van der Waals surface area (Å²) in [6, 6.07) is 11.0. The first kappa shape index (κ1) is 21.3. The zero-order valence-corrected chi connectivity index (χ0v) is 17.5. The number of aromatic hydroxyl groups is 1. The predicted molar refractivity (Wildman–Crippen MR) is 112 cm³/mol. The molecule has 0 saturated carbocycles. The van der Waals surface area contributed by atoms with Crippen molar-refractivity contribution < 1.29 is 19.4 Å². The number of rotatable bonds is 4. The third-order valence-electron chi connectivity index (χ3n) is 4.75. The number of phenols is 1. The fraction of sp³-hybridized carbons (Fsp3) is 0.333. The third kappa shape index (κ3) is 5.34. The summed E-state index contributed by atoms with van der Waals surface area (Å²) in [5.74, 6) is 0.299. The minimum Gasteiger partial charge on any atom is -0.508 e. The van der Waals surface area contributed by atoms with Crippen LogP contribution in [0.4, 0.5) is 0 Å². The Morgan fingerprint density at radius 1 is 1.00 bits per heavy atom. The molecule has 2 amide bonds. The number of ether oxygens (including phenoxy) is 1. The Hall–Kier alpha value is -2.44. The standard InChI is InChI=1S/C21H22Cl2N2O4/c1-14(29-17-6-4-16(26)5-7-17)20(27)24-9-2-10-25(12-11-24)21(28)18-13-15(22)3-8-19(18)23/h3-8,13-14,26H,2,9-12H2,1H3. The molecular weight excluding hydrogens is 415 g/mol. The van der Waals surface area contributed by atoms with Crippen LogP contribution in [0.3, 0.4) is 0 Å². The molecule has 1 atom stereocenters. The first-order chi connectivity index (χ1) is 13.8. The zero-order chi connectivity index (χ0) is 21.0. The van der Waals surface area contributed by atoms with E-state index in [2.05, 4.69) is 0 Å². The lowest BCUT2D eigenvalue weighted by Crippen LogP contribution is -2.43. The van der Waals surface area contributed by atoms with Gasteiger partial charge in [0.15, 0.2) is 6.10 Å². The molecule has 3 rings (SSSR count). The highest BCUT2D eigenvalue weighted by Gasteiger charge is 2.27. The Balaban J connectivity index is 1.61. The van der Waals surface area contributed by atoms with Gasteiger partial charge >= 0.3 is 0 Å². The second kappa shape index (κ2) is 9.37. The molecule has 1 saturated heterocycles. The lowest BCUT2D eigenvalue weighted by Gasteiger charge is -2.25. The van der Waals surface area contributed by atoms with Gasteiger partial charge in [-0.05, 0) is 55.8 Å². The molecular formula is C21H22Cl2N2O4. The molecule has 6 nitrogen and oxygen atoms in total. The summed E-state index contributed by atoms with van der Waals surface area (Å²) >= 11 is 12.2. The topological polar surface area (TPSA) is 70.1 Å². The van der Waals surface area contributed by atoms with E-state index in [0.717, 1.165) is 0 Å². The average Bonchev–Trinajstić information content (AvgIpc) is 2.96. The van der Waals surface area contributed by atoms with Crippen molar-refractivity contribution in [1.82, 2.24) is 9.80 Å². The second-order valence-corrected chi connectivity index (χ2v) is 7.69. The van der Waals surface area contributed by atoms with Gasteiger partial charge in [-0.3, -0.25) is 9.59 Å². The number of hydrogen-bond acceptors (Lipinski definition) is 4. The highest BCUT2D eigenvalue weighted by molar-refractivity contribution is 6.35. The van der Waals surface area contributed by atoms with E-state index in [9.17, 15) is 14.7 Å². The first-order valence-electron chi connectivity index (χ1n) is 9.34. The van der Waals surface area contributed by atoms with Gasteiger partial charge in [0.1, 0.15) is 11.5 Å². The van der Waals surface area contributed by atoms with Gasteiger partial charge in [0.05, 0.1) is 10.6 Å². The molecule has 2 aromatic rings. The molecule has 1 aliphatic rings. The van der Waals surface area contributed by atoms with Crippen LogP contribution in [0.15, 0.2) is 42.5 Å². The quantitative estimate of drug-likeness (QED) is 0.789. The monoisotopic (exact) mass is 436 g/mol. The maximum absolute atomic E-state index is 12.8. The minimum atomic E-state index is -0.677. The number of phenolic OH excluding ortho intramolecular Hbond substituents is 1. The molecule has 1 N–H and O–H groups in total. The van der Waals surface area contributed by atoms with Crippen molar-refractivity contribution in [3.63, 3.8) is 0 Å². The van der Waals surface area contributed by atoms with E-state index in [0.29, 0.717) is 54.0 Å². The fourth-order valence-electron chi connectivity index (χ4n) is 3.21. The van der Waals surface area contributed by atoms with E-state index in [1.54, 1.807) is 47.1 Å². The van der Waals surface area contributed by atoms with Crippen LogP contribution < -0.4 is 4.74 Å². The smallest absolute Gasteiger partial charge is 0.263 e. The Bertz CT molecular complexity index is 889. The number of benzene rings is 2. The SMILES string of the molecule is CC(Oc1ccc(O)cc1)C(=O)N1CCCN(C(=O)c2cc(Cl)ccc2Cl)CC1. The van der Waals surface area contributed by atoms with Gasteiger partial charge in [0.2, 0.25) is 0 Å². The normalized spacial score (nSPS) is 15.6. The lowest BCUT2D eigenvalue weighted by molar-refractivity contribution is -0.137. The summed E-state index contributed by atoms with van der Waals surface area (Å²) in [7, 11) is 0. The summed E-state index contributed by atoms with van der Waals surface area (Å²) in [5, 5.41) is 10.1. The van der Waals surface area contributed by atoms with E-state index in [-0.39, 0.29) is 17.6 Å². The molecule has 0 aliphatic carbocycles. The Morgan fingerprint density at radius 3 is 2.38 bits per heavy atom. The minimum absolute atomic E-state index is 0.133. The largest absolute Gasteiger partial charge is 0.508 e. The third-order valence-corrected chi connectivity index (χ3v) is 5.32. The Morgan fingerprint density at radius 2 is 1.66 bits per heavy atom. The van der Waals surface area contributed by atoms with Crippen LogP contribution in [0.1, 0.15) is 23.7 Å². The van der Waals surface area contributed by atoms with Gasteiger partial charge in [-0.15, -0.1) is 0 Å². The van der Waals surface area contributed by atoms with Crippen LogP contribution in [0, 0.1) is 0 Å². The van der Waals surface area contributed by atoms with Crippen molar-refractivity contribution in [2.45, 2.75) is 19.4 Å². The molecule has 0 radical (unpaired) electrons. The first-order valence-corrected chi connectivity index (χ1v) is 10.1. The average molecular weight is 437 g/mol. The summed E-state index contributed by atoms with van der Waals surface area (Å²) in [4.78, 5) is 29.0. The second-order valence-electron chi connectivity index (χ2n) is 6.85. The molecule has 154 valence electrons. The molecule has 2 aromatic carbocycles. The maximum atomic E-state index is 12.8. The number of hydrogen-bond donors (Lipinski definition) is 1. The summed E-state index contributed by atoms with van der Waals surface area (Å²) < 4.78 is 5.68. The van der Waals surface area contributed by atoms with Gasteiger partial charge in [0.25, 0.3) is 11.8 Å². The van der Waals surface area contributed by atoms with E-state index in [1.807, 2.05) is 0 Å². The molecule has 0 bridgehead atoms. The van der Waals surface area contributed by atoms with Crippen molar-refractivity contribution >= 4 is 35.0 Å². The summed E-state index contributed by atoms with van der Waals surface area (Å²) in [6.45, 7) is 3.56. The molecule has 1 heterocycles. The van der Waals surface area contributed by atoms with Crippen molar-refractivity contribution in [3.8, 4) is 11.5 Å². The molecule has 1 aliphatic heterocycles. The van der Waals surface area contributed by atoms with Crippen molar-refractivity contribution in [3.05, 3.63) is 58.1 Å². The maximum Gasteiger partial charge on any atom is 0.263 e. The number of halogens is 2. The lowest BCUT2D eigenvalue weighted by atomic mass is 10.2. The molecule has 1 fully saturated rings. The van der Waals surface area contributed by atoms with Crippen LogP contribution >= 0.6 is 23.2 Å². The van der Waals surface area contributed by atoms with Crippen LogP contribution in [0.25, 0.3) is 0 Å². The van der Waals surface area contributed by atoms with Crippen molar-refractivity contribution in [2.24, 2.45) is 0 Å². The van der Waals surface area contributed by atoms with Gasteiger partial charge in [0, 0.05) is 31.2 Å². The number of amides is 2. The fourth-order valence-corrected chi connectivity index (χ4v) is 3.58. The van der Waals surface area contributed by atoms with Gasteiger partial charge in [-0.2, -0.15) is 0 Å². The highest BCUT2D eigenvalue weighted by Crippen LogP contribution is 2.23. The van der Waals surface area contributed by atoms with E-state index >= 15 is 0 Å². The number of carbonyl (C=O) groups excluding carboxylic acids is 2. The van der Waals surface area contributed by atoms with Gasteiger partial charge in [-0.25, -0.2) is 0 Å². The Labute approximate surface area is 179 Å². The van der Waals surface area contributed by atoms with Gasteiger partial charge in [-0.1, -0.05) is 23.2 Å². The van der Waals surface area contributed by atoms with E-state index < -0.39 is 6.10 Å². The highest BCUT2D eigenvalue weighted by atomic mass is 35.5. The van der Waals surface area contributed by atoms with Gasteiger partial charge < -0.3 is 19.6 Å². The number of nitrogens with zero attached hydrogens (tertiary/aromatic N) is 2. The molecule has 29 heavy (non-hydrogen) atoms. The van der Waals surface area contributed by atoms with Crippen LogP contribution in [0.2, 0.25) is 10.0 Å². The Kier molecular flexibility index (Phi) is 6.87. The van der Waals surface area contributed by atoms with E-state index in [1.165, 1.54) is 12.1 Å². The summed E-state index contributed by atoms with van der Waals surface area (Å²) in [6.07, 6.45) is -0.0223. The van der Waals surface area contributed by atoms with Crippen LogP contribution in [-0.4, -0.2) is 59.0 Å². The van der Waals surface area contributed by atoms with Crippen LogP contribution in [-0.2, 0) is 4.79 Å². The predicted octanol–water partition coefficient (Wildman–Crippen LogP) is 3.84. The van der Waals surface area contributed by atoms with E-state index in [4.69, 9.17) is 27.9 Å². The molecule has 0 spiro atoms. The molecule has 8 heteroatoms. The summed E-state index contributed by atoms with van der Waals surface area (Å²) in [5.41, 5.74) is 0.364. The van der Waals surface area contributed by atoms with Crippen molar-refractivity contribution in [2.75, 3.05) is 26.2 Å². The van der Waals surface area contributed by atoms with Crippen LogP contribution in [0.5, 0.6) is 11.5 Å². The zero-order valence-electron chi connectivity index (χ0n) is 16.0. The van der Waals surface area contributed by atoms with Crippen molar-refractivity contribution in [1.29, 1.82) is 0 Å². The molecule has 1 unspecified atom stereocenters. The number of carbonyl (C=O) groups is 2.